The number of carbonyl (C=O) groups excluding carboxylic acids is 1. The van der Waals surface area contributed by atoms with Gasteiger partial charge in [0, 0.05) is 24.6 Å². The van der Waals surface area contributed by atoms with Crippen LogP contribution in [-0.2, 0) is 12.7 Å². The van der Waals surface area contributed by atoms with Crippen LogP contribution in [0.3, 0.4) is 0 Å². The molecule has 7 heteroatoms. The van der Waals surface area contributed by atoms with Crippen molar-refractivity contribution in [2.24, 2.45) is 0 Å². The minimum absolute atomic E-state index is 0.0679. The van der Waals surface area contributed by atoms with Crippen LogP contribution in [0.4, 0.5) is 18.0 Å². The number of halogens is 3. The van der Waals surface area contributed by atoms with Crippen molar-refractivity contribution in [2.45, 2.75) is 12.7 Å². The fraction of sp³-hybridized carbons (Fsp3) is 0.105. The molecule has 0 bridgehead atoms. The van der Waals surface area contributed by atoms with Crippen LogP contribution in [0.2, 0.25) is 0 Å². The third-order valence-electron chi connectivity index (χ3n) is 3.67. The van der Waals surface area contributed by atoms with Crippen LogP contribution in [0, 0.1) is 0 Å². The lowest BCUT2D eigenvalue weighted by Crippen LogP contribution is -2.26. The van der Waals surface area contributed by atoms with Crippen LogP contribution in [0.5, 0.6) is 5.75 Å². The van der Waals surface area contributed by atoms with Gasteiger partial charge in [0.2, 0.25) is 0 Å². The molecule has 134 valence electrons. The Morgan fingerprint density at radius 2 is 1.58 bits per heavy atom. The largest absolute Gasteiger partial charge is 0.416 e. The van der Waals surface area contributed by atoms with Gasteiger partial charge < -0.3 is 14.6 Å². The predicted molar refractivity (Wildman–Crippen MR) is 90.1 cm³/mol. The van der Waals surface area contributed by atoms with Gasteiger partial charge in [-0.25, -0.2) is 4.79 Å². The van der Waals surface area contributed by atoms with Crippen LogP contribution in [-0.4, -0.2) is 10.7 Å². The van der Waals surface area contributed by atoms with Crippen molar-refractivity contribution >= 4 is 6.09 Å². The Labute approximate surface area is 147 Å². The number of benzene rings is 2. The quantitative estimate of drug-likeness (QED) is 0.727. The fourth-order valence-corrected chi connectivity index (χ4v) is 2.32. The Morgan fingerprint density at radius 1 is 0.962 bits per heavy atom. The van der Waals surface area contributed by atoms with E-state index in [-0.39, 0.29) is 6.54 Å². The van der Waals surface area contributed by atoms with Crippen LogP contribution < -0.4 is 10.1 Å². The summed E-state index contributed by atoms with van der Waals surface area (Å²) in [7, 11) is 0. The predicted octanol–water partition coefficient (Wildman–Crippen LogP) is 4.78. The normalized spacial score (nSPS) is 11.2. The summed E-state index contributed by atoms with van der Waals surface area (Å²) in [6.07, 6.45) is -1.27. The van der Waals surface area contributed by atoms with E-state index in [4.69, 9.17) is 4.74 Å². The first-order chi connectivity index (χ1) is 12.4. The first kappa shape index (κ1) is 17.6. The molecule has 0 atom stereocenters. The molecule has 4 nitrogen and oxygen atoms in total. The zero-order chi connectivity index (χ0) is 18.6. The molecule has 0 saturated heterocycles. The standard InChI is InChI=1S/C19H15F3N2O2/c20-19(21,22)15-5-3-14(4-6-15)13-23-18(25)26-17-9-7-16(8-10-17)24-11-1-2-12-24/h1-12H,13H2,(H,23,25). The lowest BCUT2D eigenvalue weighted by molar-refractivity contribution is -0.137. The first-order valence-corrected chi connectivity index (χ1v) is 7.77. The van der Waals surface area contributed by atoms with E-state index >= 15 is 0 Å². The van der Waals surface area contributed by atoms with Gasteiger partial charge >= 0.3 is 12.3 Å². The molecule has 0 fully saturated rings. The zero-order valence-corrected chi connectivity index (χ0v) is 13.5. The van der Waals surface area contributed by atoms with Crippen molar-refractivity contribution < 1.29 is 22.7 Å². The molecule has 0 aliphatic heterocycles. The van der Waals surface area contributed by atoms with Gasteiger partial charge in [0.15, 0.2) is 0 Å². The molecule has 0 aliphatic rings. The van der Waals surface area contributed by atoms with Gasteiger partial charge in [0.05, 0.1) is 5.56 Å². The second-order valence-corrected chi connectivity index (χ2v) is 5.52. The Hall–Kier alpha value is -3.22. The molecule has 0 saturated carbocycles. The van der Waals surface area contributed by atoms with Gasteiger partial charge in [-0.15, -0.1) is 0 Å². The van der Waals surface area contributed by atoms with E-state index in [0.29, 0.717) is 11.3 Å². The Morgan fingerprint density at radius 3 is 2.15 bits per heavy atom. The van der Waals surface area contributed by atoms with E-state index in [1.54, 1.807) is 24.3 Å². The third kappa shape index (κ3) is 4.44. The molecule has 1 aromatic heterocycles. The molecule has 26 heavy (non-hydrogen) atoms. The van der Waals surface area contributed by atoms with Crippen LogP contribution >= 0.6 is 0 Å². The topological polar surface area (TPSA) is 43.3 Å². The second-order valence-electron chi connectivity index (χ2n) is 5.52. The summed E-state index contributed by atoms with van der Waals surface area (Å²) in [6.45, 7) is 0.0679. The van der Waals surface area contributed by atoms with Gasteiger partial charge in [-0.1, -0.05) is 12.1 Å². The Kier molecular flexibility index (Phi) is 4.97. The van der Waals surface area contributed by atoms with Gasteiger partial charge in [-0.05, 0) is 54.1 Å². The zero-order valence-electron chi connectivity index (χ0n) is 13.5. The lowest BCUT2D eigenvalue weighted by Gasteiger charge is -2.09. The molecular formula is C19H15F3N2O2. The van der Waals surface area contributed by atoms with Crippen molar-refractivity contribution in [1.29, 1.82) is 0 Å². The maximum Gasteiger partial charge on any atom is 0.416 e. The molecule has 3 aromatic rings. The van der Waals surface area contributed by atoms with E-state index in [2.05, 4.69) is 5.32 Å². The highest BCUT2D eigenvalue weighted by atomic mass is 19.4. The average molecular weight is 360 g/mol. The number of carbonyl (C=O) groups is 1. The number of hydrogen-bond donors (Lipinski definition) is 1. The smallest absolute Gasteiger partial charge is 0.410 e. The Bertz CT molecular complexity index is 855. The molecule has 0 radical (unpaired) electrons. The number of nitrogens with zero attached hydrogens (tertiary/aromatic N) is 1. The summed E-state index contributed by atoms with van der Waals surface area (Å²) in [5.74, 6) is 0.367. The maximum atomic E-state index is 12.5. The van der Waals surface area contributed by atoms with Crippen LogP contribution in [0.15, 0.2) is 73.1 Å². The second kappa shape index (κ2) is 7.35. The van der Waals surface area contributed by atoms with E-state index in [1.165, 1.54) is 12.1 Å². The number of amides is 1. The summed E-state index contributed by atoms with van der Waals surface area (Å²) in [6, 6.07) is 15.3. The molecule has 0 unspecified atom stereocenters. The number of alkyl halides is 3. The first-order valence-electron chi connectivity index (χ1n) is 7.77. The van der Waals surface area contributed by atoms with Crippen molar-refractivity contribution in [2.75, 3.05) is 0 Å². The molecule has 1 heterocycles. The summed E-state index contributed by atoms with van der Waals surface area (Å²) in [5, 5.41) is 2.50. The highest BCUT2D eigenvalue weighted by Crippen LogP contribution is 2.29. The van der Waals surface area contributed by atoms with Crippen LogP contribution in [0.1, 0.15) is 11.1 Å². The summed E-state index contributed by atoms with van der Waals surface area (Å²) in [5.41, 5.74) is 0.733. The molecule has 1 N–H and O–H groups in total. The summed E-state index contributed by atoms with van der Waals surface area (Å²) in [4.78, 5) is 11.8. The lowest BCUT2D eigenvalue weighted by atomic mass is 10.1. The SMILES string of the molecule is O=C(NCc1ccc(C(F)(F)F)cc1)Oc1ccc(-n2cccc2)cc1. The van der Waals surface area contributed by atoms with Crippen molar-refractivity contribution in [3.63, 3.8) is 0 Å². The highest BCUT2D eigenvalue weighted by molar-refractivity contribution is 5.70. The number of nitrogens with one attached hydrogen (secondary N) is 1. The van der Waals surface area contributed by atoms with Crippen molar-refractivity contribution in [3.8, 4) is 11.4 Å². The number of ether oxygens (including phenoxy) is 1. The maximum absolute atomic E-state index is 12.5. The van der Waals surface area contributed by atoms with Crippen molar-refractivity contribution in [3.05, 3.63) is 84.2 Å². The van der Waals surface area contributed by atoms with E-state index in [0.717, 1.165) is 17.8 Å². The average Bonchev–Trinajstić information content (AvgIpc) is 3.15. The van der Waals surface area contributed by atoms with Crippen LogP contribution in [0.25, 0.3) is 5.69 Å². The minimum atomic E-state index is -4.38. The van der Waals surface area contributed by atoms with E-state index < -0.39 is 17.8 Å². The van der Waals surface area contributed by atoms with Crippen molar-refractivity contribution in [1.82, 2.24) is 9.88 Å². The highest BCUT2D eigenvalue weighted by Gasteiger charge is 2.29. The number of rotatable bonds is 4. The molecule has 2 aromatic carbocycles. The molecule has 3 rings (SSSR count). The monoisotopic (exact) mass is 360 g/mol. The fourth-order valence-electron chi connectivity index (χ4n) is 2.32. The molecular weight excluding hydrogens is 345 g/mol. The number of hydrogen-bond acceptors (Lipinski definition) is 2. The van der Waals surface area contributed by atoms with Gasteiger partial charge in [-0.3, -0.25) is 0 Å². The summed E-state index contributed by atoms with van der Waals surface area (Å²) >= 11 is 0. The van der Waals surface area contributed by atoms with Gasteiger partial charge in [-0.2, -0.15) is 13.2 Å². The van der Waals surface area contributed by atoms with E-state index in [9.17, 15) is 18.0 Å². The molecule has 1 amide bonds. The van der Waals surface area contributed by atoms with E-state index in [1.807, 2.05) is 29.1 Å². The van der Waals surface area contributed by atoms with Gasteiger partial charge in [0.1, 0.15) is 5.75 Å². The third-order valence-corrected chi connectivity index (χ3v) is 3.67. The molecule has 0 aliphatic carbocycles. The Balaban J connectivity index is 1.52. The summed E-state index contributed by atoms with van der Waals surface area (Å²) < 4.78 is 44.6. The van der Waals surface area contributed by atoms with Gasteiger partial charge in [0.25, 0.3) is 0 Å². The minimum Gasteiger partial charge on any atom is -0.410 e. The molecule has 0 spiro atoms. The number of aromatic nitrogens is 1.